The molecule has 6 nitrogen and oxygen atoms in total. The zero-order valence-corrected chi connectivity index (χ0v) is 10.4. The van der Waals surface area contributed by atoms with Crippen molar-refractivity contribution in [3.63, 3.8) is 0 Å². The average molecular weight is 244 g/mol. The largest absolute Gasteiger partial charge is 0.469 e. The van der Waals surface area contributed by atoms with Gasteiger partial charge in [-0.2, -0.15) is 0 Å². The van der Waals surface area contributed by atoms with Crippen LogP contribution in [0.2, 0.25) is 0 Å². The van der Waals surface area contributed by atoms with Crippen LogP contribution >= 0.6 is 0 Å². The number of rotatable bonds is 5. The third-order valence-electron chi connectivity index (χ3n) is 2.65. The first kappa shape index (κ1) is 13.9. The van der Waals surface area contributed by atoms with Crippen molar-refractivity contribution in [3.05, 3.63) is 0 Å². The third-order valence-corrected chi connectivity index (χ3v) is 2.65. The Morgan fingerprint density at radius 2 is 2.29 bits per heavy atom. The van der Waals surface area contributed by atoms with Gasteiger partial charge in [-0.1, -0.05) is 0 Å². The first-order valence-corrected chi connectivity index (χ1v) is 5.77. The Morgan fingerprint density at radius 3 is 2.94 bits per heavy atom. The Hall–Kier alpha value is -1.14. The molecule has 0 aromatic heterocycles. The minimum absolute atomic E-state index is 0.0237. The monoisotopic (exact) mass is 244 g/mol. The van der Waals surface area contributed by atoms with Crippen molar-refractivity contribution in [3.8, 4) is 0 Å². The zero-order valence-electron chi connectivity index (χ0n) is 10.4. The molecule has 0 spiro atoms. The Kier molecular flexibility index (Phi) is 5.93. The highest BCUT2D eigenvalue weighted by Crippen LogP contribution is 2.08. The molecule has 1 unspecified atom stereocenters. The molecule has 6 heteroatoms. The van der Waals surface area contributed by atoms with Gasteiger partial charge in [0.25, 0.3) is 0 Å². The van der Waals surface area contributed by atoms with Crippen LogP contribution in [0, 0.1) is 0 Å². The van der Waals surface area contributed by atoms with Crippen LogP contribution in [-0.4, -0.2) is 62.8 Å². The van der Waals surface area contributed by atoms with E-state index in [2.05, 4.69) is 15.0 Å². The van der Waals surface area contributed by atoms with Gasteiger partial charge in [-0.05, 0) is 0 Å². The van der Waals surface area contributed by atoms with Crippen LogP contribution in [0.3, 0.4) is 0 Å². The molecule has 1 amide bonds. The van der Waals surface area contributed by atoms with Crippen LogP contribution < -0.4 is 5.32 Å². The predicted molar refractivity (Wildman–Crippen MR) is 61.5 cm³/mol. The summed E-state index contributed by atoms with van der Waals surface area (Å²) in [7, 11) is 1.37. The van der Waals surface area contributed by atoms with Crippen LogP contribution in [0.1, 0.15) is 13.3 Å². The average Bonchev–Trinajstić information content (AvgIpc) is 2.29. The zero-order chi connectivity index (χ0) is 12.7. The van der Waals surface area contributed by atoms with E-state index >= 15 is 0 Å². The molecule has 1 fully saturated rings. The van der Waals surface area contributed by atoms with Gasteiger partial charge in [-0.3, -0.25) is 14.5 Å². The minimum Gasteiger partial charge on any atom is -0.469 e. The maximum Gasteiger partial charge on any atom is 0.308 e. The van der Waals surface area contributed by atoms with Gasteiger partial charge in [0.1, 0.15) is 0 Å². The van der Waals surface area contributed by atoms with Crippen molar-refractivity contribution in [2.75, 3.05) is 39.9 Å². The maximum atomic E-state index is 11.1. The molecule has 0 radical (unpaired) electrons. The highest BCUT2D eigenvalue weighted by atomic mass is 16.5. The van der Waals surface area contributed by atoms with E-state index in [1.165, 1.54) is 14.0 Å². The van der Waals surface area contributed by atoms with E-state index in [0.29, 0.717) is 19.7 Å². The summed E-state index contributed by atoms with van der Waals surface area (Å²) in [6.07, 6.45) is 0.182. The first-order valence-electron chi connectivity index (χ1n) is 5.77. The van der Waals surface area contributed by atoms with Gasteiger partial charge in [0, 0.05) is 33.1 Å². The fourth-order valence-corrected chi connectivity index (χ4v) is 1.77. The lowest BCUT2D eigenvalue weighted by Crippen LogP contribution is -2.46. The molecule has 1 aliphatic rings. The summed E-state index contributed by atoms with van der Waals surface area (Å²) < 4.78 is 10.1. The molecule has 0 aliphatic carbocycles. The van der Waals surface area contributed by atoms with Crippen LogP contribution in [0.5, 0.6) is 0 Å². The number of esters is 1. The molecule has 0 aromatic rings. The predicted octanol–water partition coefficient (Wildman–Crippen LogP) is -0.614. The molecule has 1 N–H and O–H groups in total. The molecule has 0 saturated carbocycles. The number of amides is 1. The summed E-state index contributed by atoms with van der Waals surface area (Å²) in [4.78, 5) is 24.0. The van der Waals surface area contributed by atoms with Gasteiger partial charge in [0.05, 0.1) is 26.2 Å². The van der Waals surface area contributed by atoms with E-state index in [1.807, 2.05) is 0 Å². The van der Waals surface area contributed by atoms with Crippen molar-refractivity contribution < 1.29 is 19.1 Å². The van der Waals surface area contributed by atoms with Crippen molar-refractivity contribution in [2.24, 2.45) is 0 Å². The van der Waals surface area contributed by atoms with Crippen molar-refractivity contribution in [2.45, 2.75) is 19.4 Å². The third kappa shape index (κ3) is 5.65. The number of methoxy groups -OCH3 is 1. The first-order chi connectivity index (χ1) is 8.11. The van der Waals surface area contributed by atoms with Crippen molar-refractivity contribution in [1.82, 2.24) is 10.2 Å². The lowest BCUT2D eigenvalue weighted by molar-refractivity contribution is -0.145. The molecular weight excluding hydrogens is 224 g/mol. The highest BCUT2D eigenvalue weighted by Gasteiger charge is 2.22. The normalized spacial score (nSPS) is 20.9. The van der Waals surface area contributed by atoms with E-state index in [4.69, 9.17) is 4.74 Å². The second-order valence-corrected chi connectivity index (χ2v) is 4.06. The SMILES string of the molecule is COC(=O)CC1CN(CCNC(C)=O)CCO1. The smallest absolute Gasteiger partial charge is 0.308 e. The number of ether oxygens (including phenoxy) is 2. The summed E-state index contributed by atoms with van der Waals surface area (Å²) in [5, 5.41) is 2.75. The van der Waals surface area contributed by atoms with E-state index < -0.39 is 0 Å². The van der Waals surface area contributed by atoms with Crippen molar-refractivity contribution in [1.29, 1.82) is 0 Å². The second-order valence-electron chi connectivity index (χ2n) is 4.06. The number of nitrogens with one attached hydrogen (secondary N) is 1. The topological polar surface area (TPSA) is 67.9 Å². The Labute approximate surface area is 101 Å². The molecule has 1 rings (SSSR count). The molecule has 98 valence electrons. The summed E-state index contributed by atoms with van der Waals surface area (Å²) in [6, 6.07) is 0. The van der Waals surface area contributed by atoms with Gasteiger partial charge in [-0.15, -0.1) is 0 Å². The summed E-state index contributed by atoms with van der Waals surface area (Å²) in [6.45, 7) is 5.05. The fraction of sp³-hybridized carbons (Fsp3) is 0.818. The van der Waals surface area contributed by atoms with Gasteiger partial charge in [-0.25, -0.2) is 0 Å². The number of nitrogens with zero attached hydrogens (tertiary/aromatic N) is 1. The molecule has 1 aliphatic heterocycles. The standard InChI is InChI=1S/C11H20N2O4/c1-9(14)12-3-4-13-5-6-17-10(8-13)7-11(15)16-2/h10H,3-8H2,1-2H3,(H,12,14). The van der Waals surface area contributed by atoms with E-state index in [0.717, 1.165) is 13.1 Å². The van der Waals surface area contributed by atoms with Crippen LogP contribution in [0.4, 0.5) is 0 Å². The van der Waals surface area contributed by atoms with E-state index in [9.17, 15) is 9.59 Å². The Bertz CT molecular complexity index is 270. The Morgan fingerprint density at radius 1 is 1.53 bits per heavy atom. The molecule has 0 bridgehead atoms. The fourth-order valence-electron chi connectivity index (χ4n) is 1.77. The lowest BCUT2D eigenvalue weighted by Gasteiger charge is -2.32. The molecule has 1 saturated heterocycles. The number of morpholine rings is 1. The summed E-state index contributed by atoms with van der Waals surface area (Å²) in [5.41, 5.74) is 0. The van der Waals surface area contributed by atoms with Gasteiger partial charge < -0.3 is 14.8 Å². The van der Waals surface area contributed by atoms with Crippen LogP contribution in [-0.2, 0) is 19.1 Å². The quantitative estimate of drug-likeness (QED) is 0.653. The number of hydrogen-bond acceptors (Lipinski definition) is 5. The number of hydrogen-bond donors (Lipinski definition) is 1. The van der Waals surface area contributed by atoms with E-state index in [1.54, 1.807) is 0 Å². The van der Waals surface area contributed by atoms with Crippen LogP contribution in [0.15, 0.2) is 0 Å². The van der Waals surface area contributed by atoms with Gasteiger partial charge in [0.15, 0.2) is 0 Å². The van der Waals surface area contributed by atoms with Gasteiger partial charge >= 0.3 is 5.97 Å². The summed E-state index contributed by atoms with van der Waals surface area (Å²) >= 11 is 0. The number of carbonyl (C=O) groups excluding carboxylic acids is 2. The molecular formula is C11H20N2O4. The molecule has 0 aromatic carbocycles. The lowest BCUT2D eigenvalue weighted by atomic mass is 10.2. The van der Waals surface area contributed by atoms with E-state index in [-0.39, 0.29) is 24.4 Å². The summed E-state index contributed by atoms with van der Waals surface area (Å²) in [5.74, 6) is -0.275. The maximum absolute atomic E-state index is 11.1. The Balaban J connectivity index is 2.23. The van der Waals surface area contributed by atoms with Crippen LogP contribution in [0.25, 0.3) is 0 Å². The molecule has 1 atom stereocenters. The number of carbonyl (C=O) groups is 2. The van der Waals surface area contributed by atoms with Gasteiger partial charge in [0.2, 0.25) is 5.91 Å². The minimum atomic E-state index is -0.251. The molecule has 17 heavy (non-hydrogen) atoms. The van der Waals surface area contributed by atoms with Crippen molar-refractivity contribution >= 4 is 11.9 Å². The second kappa shape index (κ2) is 7.24. The molecule has 1 heterocycles. The highest BCUT2D eigenvalue weighted by molar-refractivity contribution is 5.72.